The van der Waals surface area contributed by atoms with Crippen molar-refractivity contribution in [2.75, 3.05) is 13.7 Å². The second-order valence-corrected chi connectivity index (χ2v) is 3.84. The van der Waals surface area contributed by atoms with Gasteiger partial charge in [-0.25, -0.2) is 0 Å². The third-order valence-corrected chi connectivity index (χ3v) is 2.53. The molecular formula is C13H13NO4. The number of ether oxygens (including phenoxy) is 2. The van der Waals surface area contributed by atoms with Gasteiger partial charge in [0.05, 0.1) is 7.11 Å². The molecule has 0 N–H and O–H groups in total. The van der Waals surface area contributed by atoms with Gasteiger partial charge in [-0.1, -0.05) is 12.2 Å². The van der Waals surface area contributed by atoms with Gasteiger partial charge in [0, 0.05) is 24.4 Å². The summed E-state index contributed by atoms with van der Waals surface area (Å²) in [6, 6.07) is 0. The van der Waals surface area contributed by atoms with Gasteiger partial charge in [0.1, 0.15) is 18.6 Å². The summed E-state index contributed by atoms with van der Waals surface area (Å²) in [5, 5.41) is 0. The molecule has 1 aliphatic carbocycles. The number of carbonyl (C=O) groups excluding carboxylic acids is 2. The van der Waals surface area contributed by atoms with Crippen molar-refractivity contribution in [2.24, 2.45) is 0 Å². The van der Waals surface area contributed by atoms with Crippen LogP contribution >= 0.6 is 0 Å². The third kappa shape index (κ3) is 2.88. The number of nitrogens with zero attached hydrogens (tertiary/aromatic N) is 1. The van der Waals surface area contributed by atoms with Crippen LogP contribution in [-0.2, 0) is 19.1 Å². The number of allylic oxidation sites excluding steroid dienone is 4. The van der Waals surface area contributed by atoms with E-state index in [9.17, 15) is 9.59 Å². The molecule has 0 spiro atoms. The number of hydrogen-bond donors (Lipinski definition) is 0. The Labute approximate surface area is 105 Å². The Kier molecular flexibility index (Phi) is 3.62. The Hall–Kier alpha value is -2.30. The van der Waals surface area contributed by atoms with Gasteiger partial charge in [-0.15, -0.1) is 0 Å². The van der Waals surface area contributed by atoms with E-state index >= 15 is 0 Å². The van der Waals surface area contributed by atoms with Crippen LogP contribution in [0.2, 0.25) is 0 Å². The summed E-state index contributed by atoms with van der Waals surface area (Å²) in [4.78, 5) is 24.1. The second-order valence-electron chi connectivity index (χ2n) is 3.84. The SMILES string of the molecule is COC(=O)CN1C=COC(C2=CC=CC(=O)C2)=C1. The largest absolute Gasteiger partial charge is 0.468 e. The fourth-order valence-electron chi connectivity index (χ4n) is 1.62. The number of esters is 1. The summed E-state index contributed by atoms with van der Waals surface area (Å²) in [5.74, 6) is 0.260. The van der Waals surface area contributed by atoms with Gasteiger partial charge in [-0.05, 0) is 6.08 Å². The summed E-state index contributed by atoms with van der Waals surface area (Å²) in [6.07, 6.45) is 10.1. The van der Waals surface area contributed by atoms with Gasteiger partial charge in [0.15, 0.2) is 5.78 Å². The first-order valence-electron chi connectivity index (χ1n) is 5.47. The van der Waals surface area contributed by atoms with Gasteiger partial charge in [0.2, 0.25) is 0 Å². The number of methoxy groups -OCH3 is 1. The predicted octanol–water partition coefficient (Wildman–Crippen LogP) is 1.26. The first kappa shape index (κ1) is 12.2. The molecule has 1 heterocycles. The molecule has 1 aliphatic heterocycles. The van der Waals surface area contributed by atoms with E-state index in [-0.39, 0.29) is 18.3 Å². The lowest BCUT2D eigenvalue weighted by molar-refractivity contribution is -0.140. The zero-order valence-corrected chi connectivity index (χ0v) is 9.96. The predicted molar refractivity (Wildman–Crippen MR) is 63.9 cm³/mol. The minimum Gasteiger partial charge on any atom is -0.468 e. The molecule has 0 bridgehead atoms. The van der Waals surface area contributed by atoms with Crippen molar-refractivity contribution < 1.29 is 19.1 Å². The normalized spacial score (nSPS) is 18.1. The molecule has 0 unspecified atom stereocenters. The standard InChI is InChI=1S/C13H13NO4/c1-17-13(16)9-14-5-6-18-12(8-14)10-3-2-4-11(15)7-10/h2-6,8H,7,9H2,1H3. The van der Waals surface area contributed by atoms with Crippen molar-refractivity contribution in [1.82, 2.24) is 4.90 Å². The fourth-order valence-corrected chi connectivity index (χ4v) is 1.62. The van der Waals surface area contributed by atoms with Gasteiger partial charge in [-0.3, -0.25) is 9.59 Å². The summed E-state index contributed by atoms with van der Waals surface area (Å²) < 4.78 is 9.93. The Morgan fingerprint density at radius 2 is 2.39 bits per heavy atom. The molecule has 5 heteroatoms. The van der Waals surface area contributed by atoms with Crippen LogP contribution in [0.15, 0.2) is 48.2 Å². The second kappa shape index (κ2) is 5.35. The van der Waals surface area contributed by atoms with Crippen molar-refractivity contribution in [1.29, 1.82) is 0 Å². The molecule has 0 radical (unpaired) electrons. The molecule has 18 heavy (non-hydrogen) atoms. The van der Waals surface area contributed by atoms with E-state index in [1.165, 1.54) is 19.4 Å². The Morgan fingerprint density at radius 3 is 3.11 bits per heavy atom. The maximum Gasteiger partial charge on any atom is 0.325 e. The van der Waals surface area contributed by atoms with Gasteiger partial charge in [0.25, 0.3) is 0 Å². The van der Waals surface area contributed by atoms with E-state index in [1.54, 1.807) is 23.4 Å². The molecule has 0 amide bonds. The maximum absolute atomic E-state index is 11.3. The Balaban J connectivity index is 2.09. The summed E-state index contributed by atoms with van der Waals surface area (Å²) in [5.41, 5.74) is 0.793. The molecule has 0 fully saturated rings. The van der Waals surface area contributed by atoms with Gasteiger partial charge >= 0.3 is 5.97 Å². The lowest BCUT2D eigenvalue weighted by Crippen LogP contribution is -2.24. The van der Waals surface area contributed by atoms with Crippen LogP contribution in [-0.4, -0.2) is 30.3 Å². The zero-order chi connectivity index (χ0) is 13.0. The molecule has 2 aliphatic rings. The Morgan fingerprint density at radius 1 is 1.56 bits per heavy atom. The van der Waals surface area contributed by atoms with E-state index in [1.807, 2.05) is 6.08 Å². The summed E-state index contributed by atoms with van der Waals surface area (Å²) in [7, 11) is 1.34. The molecule has 0 saturated heterocycles. The molecule has 2 rings (SSSR count). The van der Waals surface area contributed by atoms with Crippen molar-refractivity contribution in [3.05, 3.63) is 48.2 Å². The first-order valence-corrected chi connectivity index (χ1v) is 5.47. The first-order chi connectivity index (χ1) is 8.69. The van der Waals surface area contributed by atoms with Crippen LogP contribution in [0.1, 0.15) is 6.42 Å². The zero-order valence-electron chi connectivity index (χ0n) is 9.96. The highest BCUT2D eigenvalue weighted by Crippen LogP contribution is 2.22. The third-order valence-electron chi connectivity index (χ3n) is 2.53. The topological polar surface area (TPSA) is 55.8 Å². The number of carbonyl (C=O) groups is 2. The highest BCUT2D eigenvalue weighted by molar-refractivity contribution is 5.93. The van der Waals surface area contributed by atoms with Crippen LogP contribution in [0.4, 0.5) is 0 Å². The summed E-state index contributed by atoms with van der Waals surface area (Å²) in [6.45, 7) is 0.108. The van der Waals surface area contributed by atoms with E-state index in [2.05, 4.69) is 4.74 Å². The van der Waals surface area contributed by atoms with E-state index < -0.39 is 0 Å². The molecule has 0 atom stereocenters. The Bertz CT molecular complexity index is 485. The van der Waals surface area contributed by atoms with Crippen molar-refractivity contribution >= 4 is 11.8 Å². The molecule has 0 saturated carbocycles. The molecule has 94 valence electrons. The van der Waals surface area contributed by atoms with Gasteiger partial charge in [-0.2, -0.15) is 0 Å². The highest BCUT2D eigenvalue weighted by atomic mass is 16.5. The van der Waals surface area contributed by atoms with Gasteiger partial charge < -0.3 is 14.4 Å². The minimum absolute atomic E-state index is 0.0334. The average molecular weight is 247 g/mol. The van der Waals surface area contributed by atoms with Crippen LogP contribution in [0.5, 0.6) is 0 Å². The number of rotatable bonds is 3. The molecule has 0 aromatic heterocycles. The van der Waals surface area contributed by atoms with Crippen LogP contribution in [0, 0.1) is 0 Å². The molecule has 0 aromatic carbocycles. The smallest absolute Gasteiger partial charge is 0.325 e. The van der Waals surface area contributed by atoms with E-state index in [4.69, 9.17) is 4.74 Å². The fraction of sp³-hybridized carbons (Fsp3) is 0.231. The average Bonchev–Trinajstić information content (AvgIpc) is 2.39. The quantitative estimate of drug-likeness (QED) is 0.703. The monoisotopic (exact) mass is 247 g/mol. The van der Waals surface area contributed by atoms with Crippen molar-refractivity contribution in [3.8, 4) is 0 Å². The van der Waals surface area contributed by atoms with Crippen LogP contribution in [0.3, 0.4) is 0 Å². The highest BCUT2D eigenvalue weighted by Gasteiger charge is 2.17. The van der Waals surface area contributed by atoms with Crippen molar-refractivity contribution in [3.63, 3.8) is 0 Å². The van der Waals surface area contributed by atoms with E-state index in [0.29, 0.717) is 12.2 Å². The lowest BCUT2D eigenvalue weighted by Gasteiger charge is -2.21. The summed E-state index contributed by atoms with van der Waals surface area (Å²) >= 11 is 0. The lowest BCUT2D eigenvalue weighted by atomic mass is 10.0. The van der Waals surface area contributed by atoms with Crippen molar-refractivity contribution in [2.45, 2.75) is 6.42 Å². The number of ketones is 1. The molecule has 5 nitrogen and oxygen atoms in total. The van der Waals surface area contributed by atoms with Crippen LogP contribution < -0.4 is 0 Å². The van der Waals surface area contributed by atoms with E-state index in [0.717, 1.165) is 5.57 Å². The number of hydrogen-bond acceptors (Lipinski definition) is 5. The van der Waals surface area contributed by atoms with Crippen LogP contribution in [0.25, 0.3) is 0 Å². The minimum atomic E-state index is -0.342. The maximum atomic E-state index is 11.3. The molecular weight excluding hydrogens is 234 g/mol. The molecule has 0 aromatic rings.